The van der Waals surface area contributed by atoms with Gasteiger partial charge in [0.25, 0.3) is 0 Å². The molecule has 1 aliphatic rings. The lowest BCUT2D eigenvalue weighted by molar-refractivity contribution is 0.0342. The van der Waals surface area contributed by atoms with E-state index >= 15 is 0 Å². The first-order chi connectivity index (χ1) is 14.2. The van der Waals surface area contributed by atoms with Crippen LogP contribution >= 0.6 is 24.0 Å². The number of methoxy groups -OCH3 is 2. The number of guanidine groups is 1. The van der Waals surface area contributed by atoms with Gasteiger partial charge in [-0.1, -0.05) is 30.3 Å². The van der Waals surface area contributed by atoms with Gasteiger partial charge in [-0.3, -0.25) is 4.90 Å². The number of benzene rings is 2. The van der Waals surface area contributed by atoms with E-state index in [0.29, 0.717) is 30.5 Å². The Balaban J connectivity index is 0.00000320. The Kier molecular flexibility index (Phi) is 10.2. The zero-order valence-corrected chi connectivity index (χ0v) is 19.9. The first kappa shape index (κ1) is 24.2. The fourth-order valence-electron chi connectivity index (χ4n) is 3.18. The third-order valence-electron chi connectivity index (χ3n) is 4.89. The molecule has 8 heteroatoms. The smallest absolute Gasteiger partial charge is 0.189 e. The van der Waals surface area contributed by atoms with Crippen molar-refractivity contribution in [3.63, 3.8) is 0 Å². The maximum Gasteiger partial charge on any atom is 0.189 e. The highest BCUT2D eigenvalue weighted by Gasteiger charge is 2.10. The Hall–Kier alpha value is -2.04. The van der Waals surface area contributed by atoms with Crippen LogP contribution in [0.5, 0.6) is 11.5 Å². The molecule has 3 N–H and O–H groups in total. The quantitative estimate of drug-likeness (QED) is 0.313. The molecule has 0 atom stereocenters. The zero-order valence-electron chi connectivity index (χ0n) is 17.6. The van der Waals surface area contributed by atoms with E-state index in [1.807, 2.05) is 18.2 Å². The molecule has 0 unspecified atom stereocenters. The second-order valence-corrected chi connectivity index (χ2v) is 6.95. The van der Waals surface area contributed by atoms with Gasteiger partial charge in [-0.05, 0) is 28.8 Å². The molecule has 2 aromatic carbocycles. The summed E-state index contributed by atoms with van der Waals surface area (Å²) in [5, 5.41) is 3.17. The second-order valence-electron chi connectivity index (χ2n) is 6.95. The van der Waals surface area contributed by atoms with Gasteiger partial charge in [0.05, 0.1) is 34.0 Å². The summed E-state index contributed by atoms with van der Waals surface area (Å²) < 4.78 is 16.0. The minimum Gasteiger partial charge on any atom is -0.493 e. The number of hydrogen-bond acceptors (Lipinski definition) is 5. The van der Waals surface area contributed by atoms with E-state index in [4.69, 9.17) is 19.9 Å². The van der Waals surface area contributed by atoms with Crippen molar-refractivity contribution in [3.05, 3.63) is 59.2 Å². The average molecular weight is 526 g/mol. The van der Waals surface area contributed by atoms with Crippen LogP contribution in [-0.4, -0.2) is 51.4 Å². The summed E-state index contributed by atoms with van der Waals surface area (Å²) in [6, 6.07) is 14.3. The Bertz CT molecular complexity index is 809. The summed E-state index contributed by atoms with van der Waals surface area (Å²) in [6.45, 7) is 5.71. The summed E-state index contributed by atoms with van der Waals surface area (Å²) >= 11 is 0. The number of rotatable bonds is 8. The lowest BCUT2D eigenvalue weighted by Crippen LogP contribution is -2.35. The van der Waals surface area contributed by atoms with E-state index in [9.17, 15) is 0 Å². The fourth-order valence-corrected chi connectivity index (χ4v) is 3.18. The molecular weight excluding hydrogens is 495 g/mol. The predicted octanol–water partition coefficient (Wildman–Crippen LogP) is 2.76. The van der Waals surface area contributed by atoms with Gasteiger partial charge in [0.1, 0.15) is 0 Å². The first-order valence-electron chi connectivity index (χ1n) is 9.80. The highest BCUT2D eigenvalue weighted by molar-refractivity contribution is 14.0. The number of halogens is 1. The summed E-state index contributed by atoms with van der Waals surface area (Å²) in [6.07, 6.45) is 0. The molecule has 3 rings (SSSR count). The highest BCUT2D eigenvalue weighted by atomic mass is 127. The number of nitrogens with two attached hydrogens (primary N) is 1. The molecule has 0 amide bonds. The molecular formula is C22H31IN4O3. The molecule has 1 aliphatic heterocycles. The van der Waals surface area contributed by atoms with Crippen molar-refractivity contribution in [1.82, 2.24) is 10.2 Å². The second kappa shape index (κ2) is 12.6. The molecule has 2 aromatic rings. The number of nitrogens with one attached hydrogen (secondary N) is 1. The Morgan fingerprint density at radius 1 is 1.00 bits per heavy atom. The highest BCUT2D eigenvalue weighted by Crippen LogP contribution is 2.27. The van der Waals surface area contributed by atoms with Crippen molar-refractivity contribution >= 4 is 29.9 Å². The van der Waals surface area contributed by atoms with E-state index < -0.39 is 0 Å². The number of morpholine rings is 1. The molecule has 1 fully saturated rings. The van der Waals surface area contributed by atoms with Gasteiger partial charge >= 0.3 is 0 Å². The maximum atomic E-state index is 6.01. The molecule has 164 valence electrons. The fraction of sp³-hybridized carbons (Fsp3) is 0.409. The third-order valence-corrected chi connectivity index (χ3v) is 4.89. The standard InChI is InChI=1S/C22H30N4O3.HI/c1-27-20-8-7-19(13-21(20)28-2)15-25-22(23)24-14-17-3-5-18(6-4-17)16-26-9-11-29-12-10-26;/h3-8,13H,9-12,14-16H2,1-2H3,(H3,23,24,25);1H. The number of ether oxygens (including phenoxy) is 3. The van der Waals surface area contributed by atoms with Crippen molar-refractivity contribution in [2.75, 3.05) is 40.5 Å². The van der Waals surface area contributed by atoms with Gasteiger partial charge in [0.15, 0.2) is 17.5 Å². The molecule has 0 radical (unpaired) electrons. The third kappa shape index (κ3) is 7.33. The minimum absolute atomic E-state index is 0. The Morgan fingerprint density at radius 3 is 2.30 bits per heavy atom. The van der Waals surface area contributed by atoms with E-state index in [1.165, 1.54) is 11.1 Å². The molecule has 0 saturated carbocycles. The van der Waals surface area contributed by atoms with Gasteiger partial charge in [-0.25, -0.2) is 4.99 Å². The molecule has 0 spiro atoms. The van der Waals surface area contributed by atoms with Crippen LogP contribution in [0.15, 0.2) is 47.5 Å². The number of hydrogen-bond donors (Lipinski definition) is 2. The number of nitrogens with zero attached hydrogens (tertiary/aromatic N) is 2. The van der Waals surface area contributed by atoms with Crippen molar-refractivity contribution in [3.8, 4) is 11.5 Å². The summed E-state index contributed by atoms with van der Waals surface area (Å²) in [7, 11) is 3.24. The molecule has 1 saturated heterocycles. The Morgan fingerprint density at radius 2 is 1.63 bits per heavy atom. The summed E-state index contributed by atoms with van der Waals surface area (Å²) in [5.74, 6) is 1.80. The monoisotopic (exact) mass is 526 g/mol. The van der Waals surface area contributed by atoms with Crippen LogP contribution in [0, 0.1) is 0 Å². The normalized spacial score (nSPS) is 14.7. The van der Waals surface area contributed by atoms with Gasteiger partial charge in [-0.2, -0.15) is 0 Å². The lowest BCUT2D eigenvalue weighted by Gasteiger charge is -2.26. The molecule has 0 bridgehead atoms. The maximum absolute atomic E-state index is 6.01. The van der Waals surface area contributed by atoms with E-state index in [1.54, 1.807) is 14.2 Å². The molecule has 0 aromatic heterocycles. The number of aliphatic imine (C=N–C) groups is 1. The Labute approximate surface area is 195 Å². The average Bonchev–Trinajstić information content (AvgIpc) is 2.77. The van der Waals surface area contributed by atoms with Crippen LogP contribution in [0.25, 0.3) is 0 Å². The molecule has 1 heterocycles. The van der Waals surface area contributed by atoms with Crippen molar-refractivity contribution in [2.24, 2.45) is 10.7 Å². The SMILES string of the molecule is COc1ccc(CN=C(N)NCc2ccc(CN3CCOCC3)cc2)cc1OC.I. The summed E-state index contributed by atoms with van der Waals surface area (Å²) in [5.41, 5.74) is 9.49. The van der Waals surface area contributed by atoms with Gasteiger partial charge < -0.3 is 25.3 Å². The van der Waals surface area contributed by atoms with Gasteiger partial charge in [-0.15, -0.1) is 24.0 Å². The lowest BCUT2D eigenvalue weighted by atomic mass is 10.1. The van der Waals surface area contributed by atoms with E-state index in [-0.39, 0.29) is 24.0 Å². The largest absolute Gasteiger partial charge is 0.493 e. The zero-order chi connectivity index (χ0) is 20.5. The van der Waals surface area contributed by atoms with Crippen LogP contribution in [0.3, 0.4) is 0 Å². The van der Waals surface area contributed by atoms with Crippen LogP contribution in [-0.2, 0) is 24.4 Å². The molecule has 7 nitrogen and oxygen atoms in total. The minimum atomic E-state index is 0. The van der Waals surface area contributed by atoms with Gasteiger partial charge in [0.2, 0.25) is 0 Å². The van der Waals surface area contributed by atoms with Crippen LogP contribution in [0.2, 0.25) is 0 Å². The van der Waals surface area contributed by atoms with E-state index in [2.05, 4.69) is 39.5 Å². The van der Waals surface area contributed by atoms with Crippen molar-refractivity contribution < 1.29 is 14.2 Å². The van der Waals surface area contributed by atoms with Gasteiger partial charge in [0, 0.05) is 26.2 Å². The van der Waals surface area contributed by atoms with Crippen molar-refractivity contribution in [2.45, 2.75) is 19.6 Å². The predicted molar refractivity (Wildman–Crippen MR) is 130 cm³/mol. The van der Waals surface area contributed by atoms with Crippen LogP contribution in [0.1, 0.15) is 16.7 Å². The topological polar surface area (TPSA) is 81.3 Å². The van der Waals surface area contributed by atoms with E-state index in [0.717, 1.165) is 38.4 Å². The molecule has 0 aliphatic carbocycles. The first-order valence-corrected chi connectivity index (χ1v) is 9.80. The summed E-state index contributed by atoms with van der Waals surface area (Å²) in [4.78, 5) is 6.82. The van der Waals surface area contributed by atoms with Crippen LogP contribution < -0.4 is 20.5 Å². The molecule has 30 heavy (non-hydrogen) atoms. The van der Waals surface area contributed by atoms with Crippen LogP contribution in [0.4, 0.5) is 0 Å². The van der Waals surface area contributed by atoms with Crippen molar-refractivity contribution in [1.29, 1.82) is 0 Å².